The Morgan fingerprint density at radius 3 is 1.65 bits per heavy atom. The lowest BCUT2D eigenvalue weighted by Gasteiger charge is -2.65. The Hall–Kier alpha value is -0.580. The van der Waals surface area contributed by atoms with E-state index in [1.165, 1.54) is 6.26 Å². The van der Waals surface area contributed by atoms with Crippen molar-refractivity contribution in [3.63, 3.8) is 0 Å². The van der Waals surface area contributed by atoms with Crippen LogP contribution in [0.25, 0.3) is 0 Å². The molecule has 0 aromatic carbocycles. The number of rotatable bonds is 3. The van der Waals surface area contributed by atoms with Gasteiger partial charge in [0.2, 0.25) is 0 Å². The van der Waals surface area contributed by atoms with E-state index in [0.29, 0.717) is 45.1 Å². The summed E-state index contributed by atoms with van der Waals surface area (Å²) in [5, 5.41) is 31.5. The molecule has 0 heterocycles. The molecule has 4 aliphatic carbocycles. The number of aliphatic hydroxyl groups is 3. The van der Waals surface area contributed by atoms with Gasteiger partial charge in [-0.1, -0.05) is 6.58 Å². The molecule has 4 bridgehead atoms. The van der Waals surface area contributed by atoms with Crippen LogP contribution in [0.4, 0.5) is 0 Å². The van der Waals surface area contributed by atoms with E-state index in [-0.39, 0.29) is 5.41 Å². The normalized spacial score (nSPS) is 55.9. The van der Waals surface area contributed by atoms with Crippen LogP contribution < -0.4 is 0 Å². The van der Waals surface area contributed by atoms with Crippen LogP contribution in [0.2, 0.25) is 0 Å². The number of hydrogen-bond donors (Lipinski definition) is 3. The van der Waals surface area contributed by atoms with E-state index in [0.717, 1.165) is 0 Å². The Bertz CT molecular complexity index is 311. The molecule has 96 valence electrons. The molecule has 0 amide bonds. The highest BCUT2D eigenvalue weighted by Gasteiger charge is 2.67. The highest BCUT2D eigenvalue weighted by molar-refractivity contribution is 5.19. The first-order chi connectivity index (χ1) is 7.80. The van der Waals surface area contributed by atoms with Crippen molar-refractivity contribution in [1.29, 1.82) is 0 Å². The van der Waals surface area contributed by atoms with E-state index in [2.05, 4.69) is 6.58 Å². The van der Waals surface area contributed by atoms with E-state index >= 15 is 0 Å². The van der Waals surface area contributed by atoms with E-state index in [1.54, 1.807) is 0 Å². The van der Waals surface area contributed by atoms with Crippen molar-refractivity contribution in [3.8, 4) is 0 Å². The van der Waals surface area contributed by atoms with Crippen molar-refractivity contribution < 1.29 is 20.1 Å². The molecule has 0 aromatic heterocycles. The molecule has 4 fully saturated rings. The van der Waals surface area contributed by atoms with E-state index < -0.39 is 16.8 Å². The highest BCUT2D eigenvalue weighted by Crippen LogP contribution is 2.64. The van der Waals surface area contributed by atoms with Gasteiger partial charge in [-0.15, -0.1) is 0 Å². The van der Waals surface area contributed by atoms with Crippen LogP contribution in [0.5, 0.6) is 0 Å². The Kier molecular flexibility index (Phi) is 2.06. The second-order valence-corrected chi connectivity index (χ2v) is 6.71. The van der Waals surface area contributed by atoms with Gasteiger partial charge in [-0.25, -0.2) is 0 Å². The van der Waals surface area contributed by atoms with Gasteiger partial charge in [0.25, 0.3) is 0 Å². The number of ether oxygens (including phenoxy) is 1. The Labute approximate surface area is 101 Å². The van der Waals surface area contributed by atoms with Gasteiger partial charge >= 0.3 is 0 Å². The summed E-state index contributed by atoms with van der Waals surface area (Å²) < 4.78 is 5.28. The zero-order chi connectivity index (χ0) is 12.4. The third kappa shape index (κ3) is 1.70. The van der Waals surface area contributed by atoms with Crippen molar-refractivity contribution in [2.45, 2.75) is 55.3 Å². The van der Waals surface area contributed by atoms with Gasteiger partial charge in [-0.05, 0) is 19.3 Å². The first-order valence-corrected chi connectivity index (χ1v) is 6.20. The van der Waals surface area contributed by atoms with E-state index in [9.17, 15) is 15.3 Å². The van der Waals surface area contributed by atoms with Crippen LogP contribution in [0.15, 0.2) is 12.8 Å². The fraction of sp³-hybridized carbons (Fsp3) is 0.846. The fourth-order valence-corrected chi connectivity index (χ4v) is 5.07. The predicted molar refractivity (Wildman–Crippen MR) is 61.1 cm³/mol. The van der Waals surface area contributed by atoms with Crippen LogP contribution in [0.1, 0.15) is 38.5 Å². The Balaban J connectivity index is 1.95. The van der Waals surface area contributed by atoms with Crippen molar-refractivity contribution in [1.82, 2.24) is 0 Å². The average Bonchev–Trinajstić information content (AvgIpc) is 2.06. The molecule has 4 heteroatoms. The van der Waals surface area contributed by atoms with Crippen LogP contribution in [-0.4, -0.2) is 38.7 Å². The van der Waals surface area contributed by atoms with Crippen LogP contribution in [-0.2, 0) is 4.74 Å². The lowest BCUT2D eigenvalue weighted by Crippen LogP contribution is -2.70. The summed E-state index contributed by atoms with van der Waals surface area (Å²) in [6, 6.07) is 0. The fourth-order valence-electron chi connectivity index (χ4n) is 5.07. The smallest absolute Gasteiger partial charge is 0.0932 e. The minimum Gasteiger partial charge on any atom is -0.501 e. The SMILES string of the molecule is C=COCC12CC3(O)CC(O)(CC(O)(C3)C1)C2. The standard InChI is InChI=1S/C13H20O4/c1-2-17-9-10-3-11(14)6-12(15,4-10)8-13(16,5-10)7-11/h2,14-16H,1,3-9H2. The maximum absolute atomic E-state index is 10.5. The summed E-state index contributed by atoms with van der Waals surface area (Å²) in [6.45, 7) is 3.94. The van der Waals surface area contributed by atoms with Gasteiger partial charge in [0, 0.05) is 24.7 Å². The van der Waals surface area contributed by atoms with Gasteiger partial charge in [0.05, 0.1) is 29.7 Å². The summed E-state index contributed by atoms with van der Waals surface area (Å²) in [4.78, 5) is 0. The van der Waals surface area contributed by atoms with Crippen molar-refractivity contribution in [3.05, 3.63) is 12.8 Å². The van der Waals surface area contributed by atoms with Gasteiger partial charge in [0.15, 0.2) is 0 Å². The van der Waals surface area contributed by atoms with Crippen LogP contribution >= 0.6 is 0 Å². The first kappa shape index (κ1) is 11.5. The molecule has 4 aliphatic rings. The molecule has 0 spiro atoms. The van der Waals surface area contributed by atoms with Gasteiger partial charge < -0.3 is 20.1 Å². The molecule has 4 nitrogen and oxygen atoms in total. The first-order valence-electron chi connectivity index (χ1n) is 6.20. The monoisotopic (exact) mass is 240 g/mol. The molecule has 4 rings (SSSR count). The van der Waals surface area contributed by atoms with E-state index in [4.69, 9.17) is 4.74 Å². The summed E-state index contributed by atoms with van der Waals surface area (Å²) >= 11 is 0. The maximum atomic E-state index is 10.5. The minimum atomic E-state index is -0.928. The lowest BCUT2D eigenvalue weighted by atomic mass is 9.45. The summed E-state index contributed by atoms with van der Waals surface area (Å²) in [7, 11) is 0. The topological polar surface area (TPSA) is 69.9 Å². The molecule has 0 unspecified atom stereocenters. The minimum absolute atomic E-state index is 0.304. The predicted octanol–water partition coefficient (Wildman–Crippen LogP) is 0.708. The van der Waals surface area contributed by atoms with Crippen LogP contribution in [0, 0.1) is 5.41 Å². The molecule has 3 N–H and O–H groups in total. The summed E-state index contributed by atoms with van der Waals surface area (Å²) in [5.41, 5.74) is -3.09. The lowest BCUT2D eigenvalue weighted by molar-refractivity contribution is -0.285. The maximum Gasteiger partial charge on any atom is 0.0932 e. The molecule has 0 aliphatic heterocycles. The van der Waals surface area contributed by atoms with Crippen LogP contribution in [0.3, 0.4) is 0 Å². The van der Waals surface area contributed by atoms with Crippen molar-refractivity contribution >= 4 is 0 Å². The Morgan fingerprint density at radius 2 is 1.29 bits per heavy atom. The Morgan fingerprint density at radius 1 is 0.882 bits per heavy atom. The third-order valence-corrected chi connectivity index (χ3v) is 4.59. The zero-order valence-electron chi connectivity index (χ0n) is 9.98. The average molecular weight is 240 g/mol. The van der Waals surface area contributed by atoms with E-state index in [1.807, 2.05) is 0 Å². The molecule has 4 saturated carbocycles. The van der Waals surface area contributed by atoms with Gasteiger partial charge in [-0.3, -0.25) is 0 Å². The van der Waals surface area contributed by atoms with Crippen molar-refractivity contribution in [2.24, 2.45) is 5.41 Å². The third-order valence-electron chi connectivity index (χ3n) is 4.59. The summed E-state index contributed by atoms with van der Waals surface area (Å²) in [6.07, 6.45) is 4.38. The highest BCUT2D eigenvalue weighted by atomic mass is 16.5. The molecular formula is C13H20O4. The molecule has 17 heavy (non-hydrogen) atoms. The second-order valence-electron chi connectivity index (χ2n) is 6.71. The van der Waals surface area contributed by atoms with Gasteiger partial charge in [-0.2, -0.15) is 0 Å². The molecule has 0 saturated heterocycles. The van der Waals surface area contributed by atoms with Gasteiger partial charge in [0.1, 0.15) is 0 Å². The van der Waals surface area contributed by atoms with Crippen molar-refractivity contribution in [2.75, 3.05) is 6.61 Å². The number of hydrogen-bond acceptors (Lipinski definition) is 4. The molecule has 0 atom stereocenters. The summed E-state index contributed by atoms with van der Waals surface area (Å²) in [5.74, 6) is 0. The molecular weight excluding hydrogens is 220 g/mol. The largest absolute Gasteiger partial charge is 0.501 e. The quantitative estimate of drug-likeness (QED) is 0.635. The second kappa shape index (κ2) is 3.05. The zero-order valence-corrected chi connectivity index (χ0v) is 9.98. The molecule has 0 aromatic rings. The molecule has 0 radical (unpaired) electrons.